The summed E-state index contributed by atoms with van der Waals surface area (Å²) in [6.07, 6.45) is 1.52. The fraction of sp³-hybridized carbons (Fsp3) is 0.240. The van der Waals surface area contributed by atoms with Gasteiger partial charge < -0.3 is 19.5 Å². The van der Waals surface area contributed by atoms with Crippen molar-refractivity contribution in [2.24, 2.45) is 0 Å². The van der Waals surface area contributed by atoms with Gasteiger partial charge in [0, 0.05) is 12.0 Å². The molecule has 1 N–H and O–H groups in total. The molecule has 1 heterocycles. The Balaban J connectivity index is 1.60. The molecule has 1 aliphatic heterocycles. The van der Waals surface area contributed by atoms with Crippen LogP contribution in [0.2, 0.25) is 0 Å². The lowest BCUT2D eigenvalue weighted by atomic mass is 9.98. The molecule has 4 rings (SSSR count). The first kappa shape index (κ1) is 19.8. The van der Waals surface area contributed by atoms with Crippen molar-refractivity contribution in [1.82, 2.24) is 5.32 Å². The number of carbonyl (C=O) groups is 1. The molecule has 0 fully saturated rings. The molecule has 0 saturated carbocycles. The van der Waals surface area contributed by atoms with Crippen molar-refractivity contribution in [3.05, 3.63) is 89.5 Å². The second-order valence-electron chi connectivity index (χ2n) is 7.20. The molecule has 30 heavy (non-hydrogen) atoms. The maximum atomic E-state index is 13.0. The van der Waals surface area contributed by atoms with Crippen LogP contribution in [0.15, 0.2) is 72.8 Å². The third kappa shape index (κ3) is 4.74. The van der Waals surface area contributed by atoms with E-state index in [0.29, 0.717) is 25.2 Å². The number of ether oxygens (including phenoxy) is 3. The molecule has 3 aromatic rings. The molecular formula is C25H25NO4. The van der Waals surface area contributed by atoms with Gasteiger partial charge >= 0.3 is 0 Å². The van der Waals surface area contributed by atoms with Gasteiger partial charge in [-0.2, -0.15) is 0 Å². The molecular weight excluding hydrogens is 378 g/mol. The zero-order valence-electron chi connectivity index (χ0n) is 17.0. The fourth-order valence-corrected chi connectivity index (χ4v) is 3.48. The van der Waals surface area contributed by atoms with Crippen molar-refractivity contribution < 1.29 is 19.0 Å². The van der Waals surface area contributed by atoms with E-state index in [0.717, 1.165) is 34.8 Å². The Bertz CT molecular complexity index is 986. The molecule has 1 amide bonds. The van der Waals surface area contributed by atoms with Crippen LogP contribution < -0.4 is 19.5 Å². The van der Waals surface area contributed by atoms with Gasteiger partial charge in [-0.15, -0.1) is 0 Å². The number of fused-ring (bicyclic) bond motifs is 1. The van der Waals surface area contributed by atoms with Gasteiger partial charge in [0.05, 0.1) is 26.4 Å². The number of hydrogen-bond donors (Lipinski definition) is 1. The van der Waals surface area contributed by atoms with E-state index in [4.69, 9.17) is 14.2 Å². The average molecular weight is 403 g/mol. The summed E-state index contributed by atoms with van der Waals surface area (Å²) in [5.74, 6) is 2.05. The molecule has 5 nitrogen and oxygen atoms in total. The zero-order valence-corrected chi connectivity index (χ0v) is 17.0. The lowest BCUT2D eigenvalue weighted by Gasteiger charge is -2.21. The normalized spacial score (nSPS) is 13.8. The van der Waals surface area contributed by atoms with Gasteiger partial charge in [0.25, 0.3) is 5.91 Å². The minimum atomic E-state index is -0.209. The van der Waals surface area contributed by atoms with Gasteiger partial charge in [0.1, 0.15) is 5.75 Å². The average Bonchev–Trinajstić information content (AvgIpc) is 3.04. The van der Waals surface area contributed by atoms with Crippen LogP contribution in [0.25, 0.3) is 0 Å². The lowest BCUT2D eigenvalue weighted by molar-refractivity contribution is 0.0936. The van der Waals surface area contributed by atoms with Crippen LogP contribution in [0.4, 0.5) is 0 Å². The summed E-state index contributed by atoms with van der Waals surface area (Å²) in [5, 5.41) is 3.18. The Hall–Kier alpha value is -3.47. The molecule has 0 saturated heterocycles. The summed E-state index contributed by atoms with van der Waals surface area (Å²) >= 11 is 0. The highest BCUT2D eigenvalue weighted by Crippen LogP contribution is 2.33. The minimum absolute atomic E-state index is 0.134. The number of benzene rings is 3. The highest BCUT2D eigenvalue weighted by molar-refractivity contribution is 5.94. The fourth-order valence-electron chi connectivity index (χ4n) is 3.48. The van der Waals surface area contributed by atoms with Crippen LogP contribution in [0.5, 0.6) is 17.2 Å². The molecule has 3 aromatic carbocycles. The summed E-state index contributed by atoms with van der Waals surface area (Å²) in [5.41, 5.74) is 2.71. The van der Waals surface area contributed by atoms with Crippen molar-refractivity contribution in [2.45, 2.75) is 18.9 Å². The van der Waals surface area contributed by atoms with E-state index in [1.807, 2.05) is 36.4 Å². The number of carbonyl (C=O) groups excluding carboxylic acids is 1. The van der Waals surface area contributed by atoms with Crippen LogP contribution in [-0.2, 0) is 6.42 Å². The Morgan fingerprint density at radius 3 is 2.43 bits per heavy atom. The molecule has 0 aliphatic carbocycles. The monoisotopic (exact) mass is 403 g/mol. The standard InChI is InChI=1S/C25H25NO4/c1-28-21-11-8-19(9-12-21)25(27)26-22(16-18-6-3-2-4-7-18)20-10-13-23-24(17-20)30-15-5-14-29-23/h2-4,6-13,17,22H,5,14-16H2,1H3,(H,26,27)/t22-/m1/s1. The van der Waals surface area contributed by atoms with E-state index in [9.17, 15) is 4.79 Å². The Morgan fingerprint density at radius 2 is 1.70 bits per heavy atom. The zero-order chi connectivity index (χ0) is 20.8. The van der Waals surface area contributed by atoms with Crippen molar-refractivity contribution in [3.8, 4) is 17.2 Å². The quantitative estimate of drug-likeness (QED) is 0.655. The third-order valence-electron chi connectivity index (χ3n) is 5.11. The van der Waals surface area contributed by atoms with Crippen LogP contribution in [0.1, 0.15) is 33.9 Å². The first-order valence-corrected chi connectivity index (χ1v) is 10.1. The molecule has 1 aliphatic rings. The van der Waals surface area contributed by atoms with Crippen LogP contribution >= 0.6 is 0 Å². The summed E-state index contributed by atoms with van der Waals surface area (Å²) in [6.45, 7) is 1.27. The van der Waals surface area contributed by atoms with Crippen LogP contribution in [-0.4, -0.2) is 26.2 Å². The Labute approximate surface area is 176 Å². The van der Waals surface area contributed by atoms with Crippen molar-refractivity contribution in [3.63, 3.8) is 0 Å². The number of nitrogens with one attached hydrogen (secondary N) is 1. The minimum Gasteiger partial charge on any atom is -0.497 e. The van der Waals surface area contributed by atoms with Gasteiger partial charge in [0.2, 0.25) is 0 Å². The molecule has 0 bridgehead atoms. The first-order chi connectivity index (χ1) is 14.7. The van der Waals surface area contributed by atoms with Gasteiger partial charge in [-0.05, 0) is 53.9 Å². The van der Waals surface area contributed by atoms with E-state index < -0.39 is 0 Å². The Kier molecular flexibility index (Phi) is 6.18. The summed E-state index contributed by atoms with van der Waals surface area (Å²) in [6, 6.07) is 22.9. The van der Waals surface area contributed by atoms with E-state index in [-0.39, 0.29) is 11.9 Å². The topological polar surface area (TPSA) is 56.8 Å². The Morgan fingerprint density at radius 1 is 0.967 bits per heavy atom. The van der Waals surface area contributed by atoms with Crippen molar-refractivity contribution in [2.75, 3.05) is 20.3 Å². The SMILES string of the molecule is COc1ccc(C(=O)N[C@H](Cc2ccccc2)c2ccc3c(c2)OCCCO3)cc1. The van der Waals surface area contributed by atoms with Crippen LogP contribution in [0, 0.1) is 0 Å². The highest BCUT2D eigenvalue weighted by Gasteiger charge is 2.20. The van der Waals surface area contributed by atoms with Gasteiger partial charge in [-0.25, -0.2) is 0 Å². The van der Waals surface area contributed by atoms with Crippen LogP contribution in [0.3, 0.4) is 0 Å². The first-order valence-electron chi connectivity index (χ1n) is 10.1. The molecule has 5 heteroatoms. The molecule has 0 radical (unpaired) electrons. The third-order valence-corrected chi connectivity index (χ3v) is 5.11. The predicted molar refractivity (Wildman–Crippen MR) is 115 cm³/mol. The second kappa shape index (κ2) is 9.35. The maximum Gasteiger partial charge on any atom is 0.251 e. The summed E-state index contributed by atoms with van der Waals surface area (Å²) < 4.78 is 16.8. The molecule has 0 unspecified atom stereocenters. The van der Waals surface area contributed by atoms with Crippen molar-refractivity contribution >= 4 is 5.91 Å². The number of hydrogen-bond acceptors (Lipinski definition) is 4. The molecule has 0 aromatic heterocycles. The predicted octanol–water partition coefficient (Wildman–Crippen LogP) is 4.57. The van der Waals surface area contributed by atoms with Gasteiger partial charge in [-0.3, -0.25) is 4.79 Å². The maximum absolute atomic E-state index is 13.0. The van der Waals surface area contributed by atoms with E-state index in [1.165, 1.54) is 0 Å². The van der Waals surface area contributed by atoms with Crippen molar-refractivity contribution in [1.29, 1.82) is 0 Å². The largest absolute Gasteiger partial charge is 0.497 e. The molecule has 1 atom stereocenters. The van der Waals surface area contributed by atoms with Gasteiger partial charge in [-0.1, -0.05) is 36.4 Å². The summed E-state index contributed by atoms with van der Waals surface area (Å²) in [7, 11) is 1.61. The lowest BCUT2D eigenvalue weighted by Crippen LogP contribution is -2.30. The number of methoxy groups -OCH3 is 1. The van der Waals surface area contributed by atoms with E-state index in [1.54, 1.807) is 31.4 Å². The second-order valence-corrected chi connectivity index (χ2v) is 7.20. The number of amides is 1. The van der Waals surface area contributed by atoms with E-state index >= 15 is 0 Å². The smallest absolute Gasteiger partial charge is 0.251 e. The highest BCUT2D eigenvalue weighted by atomic mass is 16.5. The molecule has 0 spiro atoms. The molecule has 154 valence electrons. The number of rotatable bonds is 6. The summed E-state index contributed by atoms with van der Waals surface area (Å²) in [4.78, 5) is 13.0. The van der Waals surface area contributed by atoms with Gasteiger partial charge in [0.15, 0.2) is 11.5 Å². The van der Waals surface area contributed by atoms with E-state index in [2.05, 4.69) is 17.4 Å².